The van der Waals surface area contributed by atoms with Crippen molar-refractivity contribution < 1.29 is 19.2 Å². The van der Waals surface area contributed by atoms with Crippen LogP contribution in [-0.4, -0.2) is 55.6 Å². The van der Waals surface area contributed by atoms with Gasteiger partial charge < -0.3 is 26.0 Å². The summed E-state index contributed by atoms with van der Waals surface area (Å²) >= 11 is 0. The van der Waals surface area contributed by atoms with E-state index in [1.54, 1.807) is 12.1 Å². The van der Waals surface area contributed by atoms with Crippen molar-refractivity contribution >= 4 is 32.5 Å². The molecule has 0 aliphatic heterocycles. The molecule has 0 aromatic heterocycles. The number of aliphatic hydroxyl groups excluding tert-OH is 1. The first-order chi connectivity index (χ1) is 13.5. The van der Waals surface area contributed by atoms with Gasteiger partial charge in [0, 0.05) is 38.2 Å². The summed E-state index contributed by atoms with van der Waals surface area (Å²) in [6, 6.07) is 7.27. The monoisotopic (exact) mass is 409 g/mol. The Morgan fingerprint density at radius 2 is 1.86 bits per heavy atom. The Kier molecular flexibility index (Phi) is 11.6. The summed E-state index contributed by atoms with van der Waals surface area (Å²) in [6.45, 7) is 6.22. The molecule has 1 aromatic carbocycles. The zero-order chi connectivity index (χ0) is 20.8. The number of nitrogens with one attached hydrogen (secondary N) is 2. The first-order valence-electron chi connectivity index (χ1n) is 8.83. The van der Waals surface area contributed by atoms with Crippen LogP contribution in [0.3, 0.4) is 0 Å². The Balaban J connectivity index is 2.19. The van der Waals surface area contributed by atoms with E-state index in [1.807, 2.05) is 18.8 Å². The third-order valence-electron chi connectivity index (χ3n) is 3.66. The van der Waals surface area contributed by atoms with Gasteiger partial charge in [0.25, 0.3) is 0 Å². The number of carbonyl (C=O) groups excluding carboxylic acids is 2. The van der Waals surface area contributed by atoms with Gasteiger partial charge in [-0.05, 0) is 18.6 Å². The highest BCUT2D eigenvalue weighted by molar-refractivity contribution is 7.51. The molecule has 1 atom stereocenters. The van der Waals surface area contributed by atoms with Crippen LogP contribution in [0.15, 0.2) is 34.5 Å². The van der Waals surface area contributed by atoms with Gasteiger partial charge in [0.15, 0.2) is 5.84 Å². The first kappa shape index (κ1) is 23.7. The van der Waals surface area contributed by atoms with E-state index < -0.39 is 8.15 Å². The van der Waals surface area contributed by atoms with E-state index in [1.165, 1.54) is 0 Å². The first-order valence-corrected chi connectivity index (χ1v) is 10.7. The highest BCUT2D eigenvalue weighted by Gasteiger charge is 2.06. The van der Waals surface area contributed by atoms with Crippen LogP contribution in [0.25, 0.3) is 0 Å². The van der Waals surface area contributed by atoms with Crippen molar-refractivity contribution in [3.05, 3.63) is 35.4 Å². The van der Waals surface area contributed by atoms with Gasteiger partial charge >= 0.3 is 0 Å². The molecule has 9 nitrogen and oxygen atoms in total. The van der Waals surface area contributed by atoms with E-state index in [0.717, 1.165) is 11.1 Å². The van der Waals surface area contributed by atoms with Crippen molar-refractivity contribution in [2.75, 3.05) is 26.2 Å². The molecular formula is C18H28N5O4P. The number of amidine groups is 1. The molecule has 154 valence electrons. The third-order valence-corrected chi connectivity index (χ3v) is 4.68. The zero-order valence-corrected chi connectivity index (χ0v) is 17.0. The normalized spacial score (nSPS) is 12.3. The molecule has 0 aliphatic rings. The summed E-state index contributed by atoms with van der Waals surface area (Å²) in [7, 11) is -0.827. The minimum absolute atomic E-state index is 0.0115. The lowest BCUT2D eigenvalue weighted by atomic mass is 10.1. The quantitative estimate of drug-likeness (QED) is 0.126. The predicted octanol–water partition coefficient (Wildman–Crippen LogP) is 0.903. The molecule has 1 unspecified atom stereocenters. The lowest BCUT2D eigenvalue weighted by Gasteiger charge is -2.10. The molecule has 0 saturated carbocycles. The molecular weight excluding hydrogens is 381 g/mol. The van der Waals surface area contributed by atoms with E-state index in [-0.39, 0.29) is 36.8 Å². The van der Waals surface area contributed by atoms with Gasteiger partial charge in [-0.1, -0.05) is 24.3 Å². The molecule has 5 N–H and O–H groups in total. The van der Waals surface area contributed by atoms with Crippen molar-refractivity contribution in [3.63, 3.8) is 0 Å². The molecule has 1 rings (SSSR count). The number of hydrogen-bond acceptors (Lipinski definition) is 6. The number of amides is 2. The van der Waals surface area contributed by atoms with Crippen molar-refractivity contribution in [1.82, 2.24) is 10.6 Å². The van der Waals surface area contributed by atoms with E-state index in [2.05, 4.69) is 27.6 Å². The molecule has 0 saturated heterocycles. The number of hydrogen-bond donors (Lipinski definition) is 4. The fourth-order valence-corrected chi connectivity index (χ4v) is 2.63. The van der Waals surface area contributed by atoms with E-state index >= 15 is 0 Å². The molecule has 10 heteroatoms. The molecule has 2 amide bonds. The number of nitrogens with zero attached hydrogens (tertiary/aromatic N) is 2. The van der Waals surface area contributed by atoms with Crippen LogP contribution in [0.5, 0.6) is 0 Å². The van der Waals surface area contributed by atoms with Crippen molar-refractivity contribution in [2.24, 2.45) is 15.9 Å². The Hall–Kier alpha value is -2.35. The average molecular weight is 409 g/mol. The third kappa shape index (κ3) is 10.1. The maximum atomic E-state index is 11.9. The van der Waals surface area contributed by atoms with E-state index in [0.29, 0.717) is 26.1 Å². The molecule has 0 bridgehead atoms. The lowest BCUT2D eigenvalue weighted by molar-refractivity contribution is -0.122. The summed E-state index contributed by atoms with van der Waals surface area (Å²) in [5, 5.41) is 21.4. The fraction of sp³-hybridized carbons (Fsp3) is 0.444. The van der Waals surface area contributed by atoms with Gasteiger partial charge in [-0.15, -0.1) is 5.10 Å². The molecule has 0 aliphatic carbocycles. The van der Waals surface area contributed by atoms with E-state index in [9.17, 15) is 9.59 Å². The number of aliphatic hydroxyl groups is 1. The molecule has 0 heterocycles. The second-order valence-corrected chi connectivity index (χ2v) is 7.70. The Morgan fingerprint density at radius 1 is 1.21 bits per heavy atom. The average Bonchev–Trinajstić information content (AvgIpc) is 2.70. The SMILES string of the molecule is C=N/N=C(\N)c1ccc(CNC(=O)CCCC(=O)NCCOP(C)CO)cc1. The van der Waals surface area contributed by atoms with Gasteiger partial charge in [0.1, 0.15) is 0 Å². The van der Waals surface area contributed by atoms with Gasteiger partial charge in [0.2, 0.25) is 11.8 Å². The smallest absolute Gasteiger partial charge is 0.220 e. The number of nitrogens with two attached hydrogens (primary N) is 1. The standard InChI is InChI=1S/C18H28N5O4P/c1-20-23-18(19)15-8-6-14(7-9-15)12-22-17(26)5-3-4-16(25)21-10-11-27-28(2)13-24/h6-9,24H,1,3-5,10-13H2,2H3,(H2,19,23)(H,21,25)(H,22,26). The second-order valence-electron chi connectivity index (χ2n) is 5.91. The summed E-state index contributed by atoms with van der Waals surface area (Å²) in [5.41, 5.74) is 7.36. The maximum absolute atomic E-state index is 11.9. The van der Waals surface area contributed by atoms with Gasteiger partial charge in [-0.25, -0.2) is 0 Å². The van der Waals surface area contributed by atoms with Gasteiger partial charge in [-0.2, -0.15) is 5.10 Å². The van der Waals surface area contributed by atoms with Crippen LogP contribution in [-0.2, 0) is 20.7 Å². The fourth-order valence-electron chi connectivity index (χ4n) is 2.15. The van der Waals surface area contributed by atoms with Crippen LogP contribution < -0.4 is 16.4 Å². The molecule has 1 aromatic rings. The number of benzene rings is 1. The Bertz CT molecular complexity index is 666. The summed E-state index contributed by atoms with van der Waals surface area (Å²) in [6.07, 6.45) is 1.03. The Morgan fingerprint density at radius 3 is 2.46 bits per heavy atom. The van der Waals surface area contributed by atoms with Gasteiger partial charge in [0.05, 0.1) is 21.1 Å². The highest BCUT2D eigenvalue weighted by atomic mass is 31.1. The Labute approximate surface area is 166 Å². The molecule has 0 spiro atoms. The summed E-state index contributed by atoms with van der Waals surface area (Å²) in [5.74, 6) is 0.0423. The second kappa shape index (κ2) is 13.8. The predicted molar refractivity (Wildman–Crippen MR) is 111 cm³/mol. The molecule has 0 radical (unpaired) electrons. The topological polar surface area (TPSA) is 138 Å². The van der Waals surface area contributed by atoms with Crippen LogP contribution in [0.2, 0.25) is 0 Å². The molecule has 0 fully saturated rings. The summed E-state index contributed by atoms with van der Waals surface area (Å²) in [4.78, 5) is 23.6. The van der Waals surface area contributed by atoms with Crippen LogP contribution >= 0.6 is 8.15 Å². The van der Waals surface area contributed by atoms with Gasteiger partial charge in [-0.3, -0.25) is 9.59 Å². The molecule has 28 heavy (non-hydrogen) atoms. The van der Waals surface area contributed by atoms with Crippen LogP contribution in [0, 0.1) is 0 Å². The number of rotatable bonds is 13. The van der Waals surface area contributed by atoms with Crippen molar-refractivity contribution in [2.45, 2.75) is 25.8 Å². The van der Waals surface area contributed by atoms with E-state index in [4.69, 9.17) is 15.4 Å². The largest absolute Gasteiger partial charge is 0.389 e. The lowest BCUT2D eigenvalue weighted by Crippen LogP contribution is -2.27. The van der Waals surface area contributed by atoms with Crippen molar-refractivity contribution in [1.29, 1.82) is 0 Å². The van der Waals surface area contributed by atoms with Crippen LogP contribution in [0.1, 0.15) is 30.4 Å². The number of carbonyl (C=O) groups is 2. The van der Waals surface area contributed by atoms with Crippen molar-refractivity contribution in [3.8, 4) is 0 Å². The minimum Gasteiger partial charge on any atom is -0.389 e. The van der Waals surface area contributed by atoms with Crippen LogP contribution in [0.4, 0.5) is 0 Å². The maximum Gasteiger partial charge on any atom is 0.220 e. The highest BCUT2D eigenvalue weighted by Crippen LogP contribution is 2.28. The minimum atomic E-state index is -0.827. The summed E-state index contributed by atoms with van der Waals surface area (Å²) < 4.78 is 5.31. The zero-order valence-electron chi connectivity index (χ0n) is 16.1.